The van der Waals surface area contributed by atoms with Crippen LogP contribution >= 0.6 is 0 Å². The van der Waals surface area contributed by atoms with Gasteiger partial charge >= 0.3 is 6.09 Å². The second-order valence-electron chi connectivity index (χ2n) is 7.80. The van der Waals surface area contributed by atoms with Gasteiger partial charge in [0, 0.05) is 19.4 Å². The fourth-order valence-electron chi connectivity index (χ4n) is 3.23. The number of carbonyl (C=O) groups is 1. The number of methoxy groups -OCH3 is 1. The van der Waals surface area contributed by atoms with E-state index in [0.29, 0.717) is 23.0 Å². The molecule has 0 spiro atoms. The number of benzene rings is 2. The van der Waals surface area contributed by atoms with Crippen molar-refractivity contribution in [1.29, 1.82) is 0 Å². The molecular weight excluding hydrogens is 434 g/mol. The van der Waals surface area contributed by atoms with Gasteiger partial charge in [-0.3, -0.25) is 9.97 Å². The highest BCUT2D eigenvalue weighted by molar-refractivity contribution is 5.73. The summed E-state index contributed by atoms with van der Waals surface area (Å²) in [6.45, 7) is 5.92. The Bertz CT molecular complexity index is 1270. The highest BCUT2D eigenvalue weighted by Gasteiger charge is 2.17. The van der Waals surface area contributed by atoms with Crippen molar-refractivity contribution in [1.82, 2.24) is 35.5 Å². The third-order valence-electron chi connectivity index (χ3n) is 5.19. The van der Waals surface area contributed by atoms with Gasteiger partial charge in [-0.25, -0.2) is 4.79 Å². The number of amides is 1. The molecule has 10 nitrogen and oxygen atoms in total. The van der Waals surface area contributed by atoms with Crippen molar-refractivity contribution >= 4 is 6.09 Å². The number of nitrogens with one attached hydrogen (secondary N) is 1. The lowest BCUT2D eigenvalue weighted by Crippen LogP contribution is -2.26. The standard InChI is InChI=1S/C24H25N7O3/c1-15-5-7-18(8-6-15)19-9-21(31-23(17(3)33-4)28-29-30-31)11-22(10-19)34-24(32)27-14-20-13-25-16(2)12-26-20/h5-13,17H,14H2,1-4H3,(H,27,32)/t17-/m0/s1. The lowest BCUT2D eigenvalue weighted by Gasteiger charge is -2.14. The molecule has 174 valence electrons. The highest BCUT2D eigenvalue weighted by atomic mass is 16.6. The molecule has 1 atom stereocenters. The van der Waals surface area contributed by atoms with Gasteiger partial charge < -0.3 is 14.8 Å². The molecule has 0 aliphatic heterocycles. The molecule has 1 amide bonds. The van der Waals surface area contributed by atoms with Crippen LogP contribution in [0.15, 0.2) is 54.9 Å². The summed E-state index contributed by atoms with van der Waals surface area (Å²) < 4.78 is 12.6. The first-order valence-electron chi connectivity index (χ1n) is 10.7. The number of hydrogen-bond donors (Lipinski definition) is 1. The highest BCUT2D eigenvalue weighted by Crippen LogP contribution is 2.29. The van der Waals surface area contributed by atoms with E-state index < -0.39 is 6.09 Å². The minimum Gasteiger partial charge on any atom is -0.410 e. The molecule has 1 N–H and O–H groups in total. The number of rotatable bonds is 7. The largest absolute Gasteiger partial charge is 0.412 e. The SMILES string of the molecule is CO[C@@H](C)c1nnnn1-c1cc(OC(=O)NCc2cnc(C)cn2)cc(-c2ccc(C)cc2)c1. The van der Waals surface area contributed by atoms with Gasteiger partial charge in [-0.05, 0) is 54.5 Å². The molecule has 4 aromatic rings. The number of aryl methyl sites for hydroxylation is 2. The van der Waals surface area contributed by atoms with Crippen molar-refractivity contribution in [2.24, 2.45) is 0 Å². The predicted octanol–water partition coefficient (Wildman–Crippen LogP) is 3.73. The Morgan fingerprint density at radius 1 is 1.06 bits per heavy atom. The average Bonchev–Trinajstić information content (AvgIpc) is 3.33. The first-order valence-corrected chi connectivity index (χ1v) is 10.7. The van der Waals surface area contributed by atoms with Crippen LogP contribution in [0.4, 0.5) is 4.79 Å². The number of aromatic nitrogens is 6. The average molecular weight is 460 g/mol. The van der Waals surface area contributed by atoms with Crippen LogP contribution in [0.2, 0.25) is 0 Å². The molecule has 2 aromatic carbocycles. The number of carbonyl (C=O) groups excluding carboxylic acids is 1. The third-order valence-corrected chi connectivity index (χ3v) is 5.19. The lowest BCUT2D eigenvalue weighted by molar-refractivity contribution is 0.110. The molecule has 4 rings (SSSR count). The van der Waals surface area contributed by atoms with Crippen LogP contribution < -0.4 is 10.1 Å². The molecule has 0 fully saturated rings. The van der Waals surface area contributed by atoms with Crippen LogP contribution in [0.5, 0.6) is 5.75 Å². The van der Waals surface area contributed by atoms with Crippen LogP contribution in [0, 0.1) is 13.8 Å². The van der Waals surface area contributed by atoms with Gasteiger partial charge in [-0.15, -0.1) is 5.10 Å². The van der Waals surface area contributed by atoms with Crippen LogP contribution in [0.3, 0.4) is 0 Å². The van der Waals surface area contributed by atoms with Gasteiger partial charge in [0.1, 0.15) is 11.9 Å². The molecule has 0 saturated carbocycles. The first kappa shape index (κ1) is 23.0. The van der Waals surface area contributed by atoms with Crippen molar-refractivity contribution in [3.05, 3.63) is 77.6 Å². The summed E-state index contributed by atoms with van der Waals surface area (Å²) in [5.74, 6) is 0.865. The molecular formula is C24H25N7O3. The number of ether oxygens (including phenoxy) is 2. The topological polar surface area (TPSA) is 117 Å². The summed E-state index contributed by atoms with van der Waals surface area (Å²) in [4.78, 5) is 20.9. The fraction of sp³-hybridized carbons (Fsp3) is 0.250. The normalized spacial score (nSPS) is 11.8. The summed E-state index contributed by atoms with van der Waals surface area (Å²) in [6, 6.07) is 13.5. The molecule has 0 bridgehead atoms. The molecule has 0 radical (unpaired) electrons. The van der Waals surface area contributed by atoms with Crippen molar-refractivity contribution < 1.29 is 14.3 Å². The van der Waals surface area contributed by atoms with Crippen LogP contribution in [0.1, 0.15) is 35.8 Å². The number of tetrazole rings is 1. The van der Waals surface area contributed by atoms with E-state index in [0.717, 1.165) is 22.4 Å². The fourth-order valence-corrected chi connectivity index (χ4v) is 3.23. The van der Waals surface area contributed by atoms with Gasteiger partial charge in [0.15, 0.2) is 5.82 Å². The minimum absolute atomic E-state index is 0.194. The molecule has 34 heavy (non-hydrogen) atoms. The van der Waals surface area contributed by atoms with E-state index in [9.17, 15) is 4.79 Å². The van der Waals surface area contributed by atoms with Crippen LogP contribution in [-0.2, 0) is 11.3 Å². The molecule has 2 heterocycles. The van der Waals surface area contributed by atoms with Crippen molar-refractivity contribution in [2.45, 2.75) is 33.4 Å². The summed E-state index contributed by atoms with van der Waals surface area (Å²) in [5.41, 5.74) is 5.01. The first-order chi connectivity index (χ1) is 16.4. The van der Waals surface area contributed by atoms with Gasteiger partial charge in [-0.1, -0.05) is 29.8 Å². The van der Waals surface area contributed by atoms with Gasteiger partial charge in [0.05, 0.1) is 29.8 Å². The minimum atomic E-state index is -0.614. The monoisotopic (exact) mass is 459 g/mol. The lowest BCUT2D eigenvalue weighted by atomic mass is 10.0. The molecule has 10 heteroatoms. The van der Waals surface area contributed by atoms with Gasteiger partial charge in [0.25, 0.3) is 0 Å². The zero-order valence-corrected chi connectivity index (χ0v) is 19.4. The second kappa shape index (κ2) is 10.2. The molecule has 0 unspecified atom stereocenters. The zero-order valence-electron chi connectivity index (χ0n) is 19.4. The van der Waals surface area contributed by atoms with Gasteiger partial charge in [0.2, 0.25) is 0 Å². The van der Waals surface area contributed by atoms with Crippen molar-refractivity contribution in [3.8, 4) is 22.6 Å². The molecule has 0 saturated heterocycles. The van der Waals surface area contributed by atoms with E-state index in [2.05, 4.69) is 30.8 Å². The van der Waals surface area contributed by atoms with E-state index in [-0.39, 0.29) is 12.6 Å². The van der Waals surface area contributed by atoms with E-state index in [1.54, 1.807) is 36.3 Å². The number of hydrogen-bond acceptors (Lipinski definition) is 8. The summed E-state index contributed by atoms with van der Waals surface area (Å²) in [6.07, 6.45) is 2.31. The van der Waals surface area contributed by atoms with Crippen LogP contribution in [-0.4, -0.2) is 43.4 Å². The Hall–Kier alpha value is -4.18. The summed E-state index contributed by atoms with van der Waals surface area (Å²) >= 11 is 0. The Kier molecular flexibility index (Phi) is 6.88. The predicted molar refractivity (Wildman–Crippen MR) is 124 cm³/mol. The quantitative estimate of drug-likeness (QED) is 0.444. The third kappa shape index (κ3) is 5.41. The molecule has 2 aromatic heterocycles. The summed E-state index contributed by atoms with van der Waals surface area (Å²) in [5, 5.41) is 14.7. The molecule has 0 aliphatic rings. The van der Waals surface area contributed by atoms with E-state index in [4.69, 9.17) is 9.47 Å². The Morgan fingerprint density at radius 3 is 2.56 bits per heavy atom. The van der Waals surface area contributed by atoms with E-state index in [1.165, 1.54) is 0 Å². The van der Waals surface area contributed by atoms with E-state index in [1.807, 2.05) is 51.1 Å². The smallest absolute Gasteiger partial charge is 0.410 e. The van der Waals surface area contributed by atoms with Gasteiger partial charge in [-0.2, -0.15) is 4.68 Å². The Balaban J connectivity index is 1.63. The Morgan fingerprint density at radius 2 is 1.85 bits per heavy atom. The maximum Gasteiger partial charge on any atom is 0.412 e. The maximum atomic E-state index is 12.5. The molecule has 0 aliphatic carbocycles. The van der Waals surface area contributed by atoms with E-state index >= 15 is 0 Å². The van der Waals surface area contributed by atoms with Crippen LogP contribution in [0.25, 0.3) is 16.8 Å². The maximum absolute atomic E-state index is 12.5. The Labute approximate surface area is 197 Å². The van der Waals surface area contributed by atoms with Crippen molar-refractivity contribution in [3.63, 3.8) is 0 Å². The van der Waals surface area contributed by atoms with Crippen molar-refractivity contribution in [2.75, 3.05) is 7.11 Å². The summed E-state index contributed by atoms with van der Waals surface area (Å²) in [7, 11) is 1.59. The second-order valence-corrected chi connectivity index (χ2v) is 7.80. The number of nitrogens with zero attached hydrogens (tertiary/aromatic N) is 6. The zero-order chi connectivity index (χ0) is 24.1.